The predicted molar refractivity (Wildman–Crippen MR) is 102 cm³/mol. The molecule has 0 spiro atoms. The van der Waals surface area contributed by atoms with Crippen molar-refractivity contribution in [2.24, 2.45) is 0 Å². The van der Waals surface area contributed by atoms with E-state index in [4.69, 9.17) is 27.9 Å². The molecule has 0 aliphatic carbocycles. The molecular formula is C18H18Cl2FN3O2. The molecule has 0 saturated carbocycles. The highest BCUT2D eigenvalue weighted by atomic mass is 35.5. The van der Waals surface area contributed by atoms with Crippen molar-refractivity contribution >= 4 is 40.6 Å². The van der Waals surface area contributed by atoms with Crippen LogP contribution >= 0.6 is 23.2 Å². The van der Waals surface area contributed by atoms with Gasteiger partial charge in [-0.25, -0.2) is 9.18 Å². The Labute approximate surface area is 161 Å². The van der Waals surface area contributed by atoms with Crippen LogP contribution in [-0.4, -0.2) is 44.2 Å². The van der Waals surface area contributed by atoms with Gasteiger partial charge in [-0.3, -0.25) is 0 Å². The van der Waals surface area contributed by atoms with Crippen LogP contribution in [0.15, 0.2) is 36.4 Å². The van der Waals surface area contributed by atoms with Gasteiger partial charge in [0.25, 0.3) is 0 Å². The molecule has 1 N–H and O–H groups in total. The van der Waals surface area contributed by atoms with E-state index >= 15 is 0 Å². The van der Waals surface area contributed by atoms with Crippen molar-refractivity contribution in [3.63, 3.8) is 0 Å². The first kappa shape index (κ1) is 18.6. The Balaban J connectivity index is 1.62. The molecule has 0 radical (unpaired) electrons. The zero-order valence-electron chi connectivity index (χ0n) is 14.1. The number of carbonyl (C=O) groups excluding carboxylic acids is 1. The predicted octanol–water partition coefficient (Wildman–Crippen LogP) is 4.50. The van der Waals surface area contributed by atoms with Gasteiger partial charge in [0, 0.05) is 36.9 Å². The third kappa shape index (κ3) is 4.14. The van der Waals surface area contributed by atoms with Crippen LogP contribution in [0, 0.1) is 5.82 Å². The first-order valence-electron chi connectivity index (χ1n) is 8.07. The number of halogens is 3. The molecule has 2 aromatic carbocycles. The fraction of sp³-hybridized carbons (Fsp3) is 0.278. The Morgan fingerprint density at radius 1 is 1.12 bits per heavy atom. The molecule has 0 unspecified atom stereocenters. The quantitative estimate of drug-likeness (QED) is 0.829. The first-order valence-corrected chi connectivity index (χ1v) is 8.83. The average Bonchev–Trinajstić information content (AvgIpc) is 2.65. The zero-order chi connectivity index (χ0) is 18.7. The van der Waals surface area contributed by atoms with E-state index in [1.807, 2.05) is 12.1 Å². The molecule has 1 heterocycles. The number of urea groups is 1. The molecule has 8 heteroatoms. The fourth-order valence-electron chi connectivity index (χ4n) is 2.84. The number of nitrogens with one attached hydrogen (secondary N) is 1. The summed E-state index contributed by atoms with van der Waals surface area (Å²) in [4.78, 5) is 16.2. The van der Waals surface area contributed by atoms with Crippen LogP contribution in [0.25, 0.3) is 0 Å². The van der Waals surface area contributed by atoms with Crippen LogP contribution in [-0.2, 0) is 0 Å². The number of piperazine rings is 1. The summed E-state index contributed by atoms with van der Waals surface area (Å²) in [5.74, 6) is 0.224. The summed E-state index contributed by atoms with van der Waals surface area (Å²) in [7, 11) is 1.62. The van der Waals surface area contributed by atoms with Crippen molar-refractivity contribution < 1.29 is 13.9 Å². The smallest absolute Gasteiger partial charge is 0.321 e. The van der Waals surface area contributed by atoms with Gasteiger partial charge in [0.2, 0.25) is 0 Å². The van der Waals surface area contributed by atoms with Gasteiger partial charge < -0.3 is 19.9 Å². The Morgan fingerprint density at radius 3 is 2.50 bits per heavy atom. The lowest BCUT2D eigenvalue weighted by Gasteiger charge is -2.36. The van der Waals surface area contributed by atoms with Gasteiger partial charge >= 0.3 is 6.03 Å². The molecule has 138 valence electrons. The number of rotatable bonds is 3. The van der Waals surface area contributed by atoms with Crippen LogP contribution in [0.3, 0.4) is 0 Å². The summed E-state index contributed by atoms with van der Waals surface area (Å²) in [6, 6.07) is 9.31. The Bertz CT molecular complexity index is 811. The van der Waals surface area contributed by atoms with Crippen LogP contribution in [0.2, 0.25) is 10.0 Å². The molecule has 3 rings (SSSR count). The van der Waals surface area contributed by atoms with Crippen molar-refractivity contribution in [1.82, 2.24) is 4.90 Å². The second kappa shape index (κ2) is 8.01. The molecule has 5 nitrogen and oxygen atoms in total. The van der Waals surface area contributed by atoms with E-state index < -0.39 is 5.82 Å². The minimum absolute atomic E-state index is 0.0272. The molecule has 2 aromatic rings. The van der Waals surface area contributed by atoms with Gasteiger partial charge in [0.1, 0.15) is 11.6 Å². The molecule has 0 atom stereocenters. The maximum atomic E-state index is 13.2. The topological polar surface area (TPSA) is 44.8 Å². The van der Waals surface area contributed by atoms with E-state index in [0.29, 0.717) is 36.9 Å². The molecule has 1 aliphatic rings. The number of carbonyl (C=O) groups is 1. The Kier molecular flexibility index (Phi) is 5.74. The summed E-state index contributed by atoms with van der Waals surface area (Å²) in [6.07, 6.45) is 0. The molecule has 26 heavy (non-hydrogen) atoms. The average molecular weight is 398 g/mol. The molecule has 0 aromatic heterocycles. The number of nitrogens with zero attached hydrogens (tertiary/aromatic N) is 2. The lowest BCUT2D eigenvalue weighted by Crippen LogP contribution is -2.50. The van der Waals surface area contributed by atoms with Crippen molar-refractivity contribution in [3.05, 3.63) is 52.3 Å². The van der Waals surface area contributed by atoms with Crippen LogP contribution < -0.4 is 15.0 Å². The van der Waals surface area contributed by atoms with E-state index in [9.17, 15) is 9.18 Å². The minimum atomic E-state index is -0.520. The maximum Gasteiger partial charge on any atom is 0.321 e. The Hall–Kier alpha value is -2.18. The molecule has 1 saturated heterocycles. The molecule has 1 fully saturated rings. The number of anilines is 2. The summed E-state index contributed by atoms with van der Waals surface area (Å²) in [5.41, 5.74) is 1.37. The van der Waals surface area contributed by atoms with Crippen molar-refractivity contribution in [2.75, 3.05) is 43.5 Å². The first-order chi connectivity index (χ1) is 12.5. The molecule has 2 amide bonds. The second-order valence-electron chi connectivity index (χ2n) is 5.85. The van der Waals surface area contributed by atoms with E-state index in [1.165, 1.54) is 18.2 Å². The number of benzene rings is 2. The van der Waals surface area contributed by atoms with Gasteiger partial charge in [-0.05, 0) is 36.4 Å². The second-order valence-corrected chi connectivity index (χ2v) is 6.69. The van der Waals surface area contributed by atoms with Gasteiger partial charge in [-0.2, -0.15) is 0 Å². The largest absolute Gasteiger partial charge is 0.495 e. The number of amides is 2. The number of hydrogen-bond donors (Lipinski definition) is 1. The number of hydrogen-bond acceptors (Lipinski definition) is 3. The normalized spacial score (nSPS) is 14.3. The third-order valence-corrected chi connectivity index (χ3v) is 4.74. The van der Waals surface area contributed by atoms with E-state index in [-0.39, 0.29) is 11.1 Å². The summed E-state index contributed by atoms with van der Waals surface area (Å²) in [5, 5.41) is 3.34. The van der Waals surface area contributed by atoms with Gasteiger partial charge in [-0.15, -0.1) is 0 Å². The third-order valence-electron chi connectivity index (χ3n) is 4.22. The van der Waals surface area contributed by atoms with Crippen molar-refractivity contribution in [1.29, 1.82) is 0 Å². The SMILES string of the molecule is COc1ccc(Cl)cc1N1CCN(C(=O)Nc2ccc(F)c(Cl)c2)CC1. The highest BCUT2D eigenvalue weighted by Gasteiger charge is 2.23. The van der Waals surface area contributed by atoms with E-state index in [1.54, 1.807) is 18.1 Å². The number of methoxy groups -OCH3 is 1. The lowest BCUT2D eigenvalue weighted by molar-refractivity contribution is 0.208. The molecule has 0 bridgehead atoms. The van der Waals surface area contributed by atoms with Crippen LogP contribution in [0.1, 0.15) is 0 Å². The van der Waals surface area contributed by atoms with Gasteiger partial charge in [0.05, 0.1) is 17.8 Å². The Morgan fingerprint density at radius 2 is 1.85 bits per heavy atom. The molecular weight excluding hydrogens is 380 g/mol. The summed E-state index contributed by atoms with van der Waals surface area (Å²) < 4.78 is 18.6. The molecule has 1 aliphatic heterocycles. The van der Waals surface area contributed by atoms with E-state index in [2.05, 4.69) is 10.2 Å². The van der Waals surface area contributed by atoms with Gasteiger partial charge in [-0.1, -0.05) is 23.2 Å². The zero-order valence-corrected chi connectivity index (χ0v) is 15.6. The number of ether oxygens (including phenoxy) is 1. The van der Waals surface area contributed by atoms with Crippen LogP contribution in [0.4, 0.5) is 20.6 Å². The monoisotopic (exact) mass is 397 g/mol. The van der Waals surface area contributed by atoms with Crippen molar-refractivity contribution in [2.45, 2.75) is 0 Å². The van der Waals surface area contributed by atoms with Crippen molar-refractivity contribution in [3.8, 4) is 5.75 Å². The highest BCUT2D eigenvalue weighted by Crippen LogP contribution is 2.32. The highest BCUT2D eigenvalue weighted by molar-refractivity contribution is 6.31. The minimum Gasteiger partial charge on any atom is -0.495 e. The fourth-order valence-corrected chi connectivity index (χ4v) is 3.18. The lowest BCUT2D eigenvalue weighted by atomic mass is 10.2. The summed E-state index contributed by atoms with van der Waals surface area (Å²) in [6.45, 7) is 2.37. The van der Waals surface area contributed by atoms with E-state index in [0.717, 1.165) is 11.4 Å². The van der Waals surface area contributed by atoms with Crippen LogP contribution in [0.5, 0.6) is 5.75 Å². The summed E-state index contributed by atoms with van der Waals surface area (Å²) >= 11 is 11.8. The van der Waals surface area contributed by atoms with Gasteiger partial charge in [0.15, 0.2) is 0 Å². The standard InChI is InChI=1S/C18H18Cl2FN3O2/c1-26-17-5-2-12(19)10-16(17)23-6-8-24(9-7-23)18(25)22-13-3-4-15(21)14(20)11-13/h2-5,10-11H,6-9H2,1H3,(H,22,25). The maximum absolute atomic E-state index is 13.2.